The summed E-state index contributed by atoms with van der Waals surface area (Å²) in [5.74, 6) is -0.846. The van der Waals surface area contributed by atoms with Crippen LogP contribution in [0.4, 0.5) is 23.4 Å². The molecule has 3 heterocycles. The summed E-state index contributed by atoms with van der Waals surface area (Å²) < 4.78 is 54.4. The maximum atomic E-state index is 13.9. The molecule has 6 nitrogen and oxygen atoms in total. The van der Waals surface area contributed by atoms with Gasteiger partial charge in [0.1, 0.15) is 12.1 Å². The van der Waals surface area contributed by atoms with Gasteiger partial charge in [0.2, 0.25) is 5.65 Å². The molecule has 0 saturated carbocycles. The Bertz CT molecular complexity index is 942. The summed E-state index contributed by atoms with van der Waals surface area (Å²) >= 11 is 0. The maximum Gasteiger partial charge on any atom is 0.419 e. The van der Waals surface area contributed by atoms with Crippen molar-refractivity contribution in [2.45, 2.75) is 6.18 Å². The highest BCUT2D eigenvalue weighted by Crippen LogP contribution is 2.34. The molecule has 0 spiro atoms. The number of anilines is 1. The third-order valence-electron chi connectivity index (χ3n) is 4.41. The van der Waals surface area contributed by atoms with Gasteiger partial charge < -0.3 is 9.80 Å². The maximum absolute atomic E-state index is 13.9. The van der Waals surface area contributed by atoms with Crippen LogP contribution in [0.1, 0.15) is 5.56 Å². The number of aromatic nitrogens is 4. The van der Waals surface area contributed by atoms with Crippen molar-refractivity contribution in [3.05, 3.63) is 29.8 Å². The third-order valence-corrected chi connectivity index (χ3v) is 4.41. The van der Waals surface area contributed by atoms with Gasteiger partial charge in [-0.05, 0) is 13.1 Å². The summed E-state index contributed by atoms with van der Waals surface area (Å²) in [5, 5.41) is 7.79. The molecule has 1 aromatic carbocycles. The van der Waals surface area contributed by atoms with Gasteiger partial charge in [0.15, 0.2) is 5.82 Å². The van der Waals surface area contributed by atoms with E-state index < -0.39 is 17.6 Å². The van der Waals surface area contributed by atoms with Crippen LogP contribution in [0.25, 0.3) is 16.7 Å². The average molecular weight is 354 g/mol. The fourth-order valence-corrected chi connectivity index (χ4v) is 3.01. The summed E-state index contributed by atoms with van der Waals surface area (Å²) in [5.41, 5.74) is -0.723. The molecule has 0 aliphatic carbocycles. The van der Waals surface area contributed by atoms with Crippen LogP contribution in [0.2, 0.25) is 0 Å². The first kappa shape index (κ1) is 16.0. The number of benzene rings is 1. The first-order valence-corrected chi connectivity index (χ1v) is 7.68. The van der Waals surface area contributed by atoms with Crippen molar-refractivity contribution in [1.82, 2.24) is 24.5 Å². The second-order valence-corrected chi connectivity index (χ2v) is 6.07. The molecule has 3 aromatic rings. The fraction of sp³-hybridized carbons (Fsp3) is 0.400. The van der Waals surface area contributed by atoms with Crippen molar-refractivity contribution in [3.8, 4) is 0 Å². The van der Waals surface area contributed by atoms with Gasteiger partial charge in [-0.1, -0.05) is 0 Å². The molecule has 0 amide bonds. The topological polar surface area (TPSA) is 49.6 Å². The van der Waals surface area contributed by atoms with Gasteiger partial charge in [0.05, 0.1) is 16.6 Å². The molecule has 0 N–H and O–H groups in total. The van der Waals surface area contributed by atoms with E-state index in [0.717, 1.165) is 25.2 Å². The molecule has 1 aliphatic rings. The van der Waals surface area contributed by atoms with Gasteiger partial charge in [-0.3, -0.25) is 4.40 Å². The molecule has 0 bridgehead atoms. The highest BCUT2D eigenvalue weighted by Gasteiger charge is 2.35. The first-order chi connectivity index (χ1) is 11.8. The fourth-order valence-electron chi connectivity index (χ4n) is 3.01. The zero-order valence-corrected chi connectivity index (χ0v) is 13.3. The lowest BCUT2D eigenvalue weighted by atomic mass is 10.1. The van der Waals surface area contributed by atoms with Crippen molar-refractivity contribution >= 4 is 22.5 Å². The smallest absolute Gasteiger partial charge is 0.351 e. The Hall–Kier alpha value is -2.49. The highest BCUT2D eigenvalue weighted by molar-refractivity contribution is 5.83. The van der Waals surface area contributed by atoms with Crippen molar-refractivity contribution in [3.63, 3.8) is 0 Å². The second-order valence-electron chi connectivity index (χ2n) is 6.07. The lowest BCUT2D eigenvalue weighted by molar-refractivity contribution is -0.139. The number of fused-ring (bicyclic) bond motifs is 3. The van der Waals surface area contributed by atoms with Crippen LogP contribution in [-0.4, -0.2) is 57.7 Å². The van der Waals surface area contributed by atoms with Crippen molar-refractivity contribution in [1.29, 1.82) is 0 Å². The number of hydrogen-bond acceptors (Lipinski definition) is 5. The molecule has 2 aromatic heterocycles. The number of hydrogen-bond donors (Lipinski definition) is 0. The lowest BCUT2D eigenvalue weighted by Gasteiger charge is -2.33. The molecule has 132 valence electrons. The predicted molar refractivity (Wildman–Crippen MR) is 83.0 cm³/mol. The van der Waals surface area contributed by atoms with E-state index in [4.69, 9.17) is 0 Å². The SMILES string of the molecule is CN1CCN(c2nc3cc(F)c(C(F)(F)F)cc3n3cnnc23)CC1. The predicted octanol–water partition coefficient (Wildman–Crippen LogP) is 2.19. The molecule has 1 fully saturated rings. The Morgan fingerprint density at radius 3 is 2.48 bits per heavy atom. The largest absolute Gasteiger partial charge is 0.419 e. The first-order valence-electron chi connectivity index (χ1n) is 7.68. The number of likely N-dealkylation sites (N-methyl/N-ethyl adjacent to an activating group) is 1. The highest BCUT2D eigenvalue weighted by atomic mass is 19.4. The van der Waals surface area contributed by atoms with E-state index >= 15 is 0 Å². The molecule has 1 saturated heterocycles. The van der Waals surface area contributed by atoms with Crippen LogP contribution >= 0.6 is 0 Å². The summed E-state index contributed by atoms with van der Waals surface area (Å²) in [7, 11) is 2.01. The molecular formula is C15H14F4N6. The number of nitrogens with zero attached hydrogens (tertiary/aromatic N) is 6. The van der Waals surface area contributed by atoms with Crippen LogP contribution in [0.5, 0.6) is 0 Å². The van der Waals surface area contributed by atoms with Gasteiger partial charge in [0, 0.05) is 32.2 Å². The van der Waals surface area contributed by atoms with Crippen LogP contribution in [-0.2, 0) is 6.18 Å². The van der Waals surface area contributed by atoms with Gasteiger partial charge >= 0.3 is 6.18 Å². The summed E-state index contributed by atoms with van der Waals surface area (Å²) in [4.78, 5) is 8.53. The number of alkyl halides is 3. The normalized spacial score (nSPS) is 16.9. The standard InChI is InChI=1S/C15H14F4N6/c1-23-2-4-24(5-3-23)13-14-22-20-8-25(14)12-6-9(15(17,18)19)10(16)7-11(12)21-13/h6-8H,2-5H2,1H3. The van der Waals surface area contributed by atoms with Crippen molar-refractivity contribution in [2.75, 3.05) is 38.1 Å². The summed E-state index contributed by atoms with van der Waals surface area (Å²) in [6.07, 6.45) is -3.47. The zero-order valence-electron chi connectivity index (χ0n) is 13.3. The Morgan fingerprint density at radius 1 is 1.08 bits per heavy atom. The third kappa shape index (κ3) is 2.66. The van der Waals surface area contributed by atoms with E-state index in [0.29, 0.717) is 24.6 Å². The van der Waals surface area contributed by atoms with Crippen LogP contribution in [0, 0.1) is 5.82 Å². The quantitative estimate of drug-likeness (QED) is 0.627. The minimum Gasteiger partial charge on any atom is -0.351 e. The van der Waals surface area contributed by atoms with Crippen LogP contribution in [0.15, 0.2) is 18.5 Å². The van der Waals surface area contributed by atoms with Gasteiger partial charge in [0.25, 0.3) is 0 Å². The van der Waals surface area contributed by atoms with E-state index in [1.807, 2.05) is 11.9 Å². The van der Waals surface area contributed by atoms with Crippen LogP contribution in [0.3, 0.4) is 0 Å². The Labute approximate surface area is 139 Å². The van der Waals surface area contributed by atoms with Crippen molar-refractivity contribution < 1.29 is 17.6 Å². The monoisotopic (exact) mass is 354 g/mol. The van der Waals surface area contributed by atoms with Gasteiger partial charge in [-0.2, -0.15) is 13.2 Å². The molecule has 10 heteroatoms. The van der Waals surface area contributed by atoms with E-state index in [1.54, 1.807) is 0 Å². The summed E-state index contributed by atoms with van der Waals surface area (Å²) in [6.45, 7) is 3.03. The number of piperazine rings is 1. The summed E-state index contributed by atoms with van der Waals surface area (Å²) in [6, 6.07) is 1.57. The molecule has 4 rings (SSSR count). The molecule has 0 atom stereocenters. The van der Waals surface area contributed by atoms with E-state index in [-0.39, 0.29) is 11.0 Å². The molecule has 1 aliphatic heterocycles. The number of rotatable bonds is 1. The minimum absolute atomic E-state index is 0.117. The molecule has 0 radical (unpaired) electrons. The average Bonchev–Trinajstić information content (AvgIpc) is 3.03. The second kappa shape index (κ2) is 5.51. The minimum atomic E-state index is -4.78. The van der Waals surface area contributed by atoms with Crippen LogP contribution < -0.4 is 4.90 Å². The Balaban J connectivity index is 1.93. The van der Waals surface area contributed by atoms with Crippen molar-refractivity contribution in [2.24, 2.45) is 0 Å². The van der Waals surface area contributed by atoms with E-state index in [1.165, 1.54) is 10.7 Å². The van der Waals surface area contributed by atoms with E-state index in [2.05, 4.69) is 20.1 Å². The Kier molecular flexibility index (Phi) is 3.53. The molecular weight excluding hydrogens is 340 g/mol. The zero-order chi connectivity index (χ0) is 17.8. The molecule has 25 heavy (non-hydrogen) atoms. The lowest BCUT2D eigenvalue weighted by Crippen LogP contribution is -2.45. The van der Waals surface area contributed by atoms with Gasteiger partial charge in [-0.25, -0.2) is 9.37 Å². The number of halogens is 4. The molecule has 0 unspecified atom stereocenters. The van der Waals surface area contributed by atoms with Gasteiger partial charge in [-0.15, -0.1) is 10.2 Å². The van der Waals surface area contributed by atoms with E-state index in [9.17, 15) is 17.6 Å². The Morgan fingerprint density at radius 2 is 1.80 bits per heavy atom.